The van der Waals surface area contributed by atoms with Crippen LogP contribution in [0, 0.1) is 11.8 Å². The van der Waals surface area contributed by atoms with Crippen molar-refractivity contribution >= 4 is 29.7 Å². The molecule has 3 amide bonds. The number of nitrogens with zero attached hydrogens (tertiary/aromatic N) is 1. The summed E-state index contributed by atoms with van der Waals surface area (Å²) in [6, 6.07) is -4.55. The first kappa shape index (κ1) is 31.1. The van der Waals surface area contributed by atoms with Gasteiger partial charge in [-0.3, -0.25) is 19.4 Å². The van der Waals surface area contributed by atoms with Crippen molar-refractivity contribution in [2.24, 2.45) is 34.0 Å². The molecule has 0 aromatic carbocycles. The maximum atomic E-state index is 12.9. The van der Waals surface area contributed by atoms with Crippen LogP contribution in [-0.2, 0) is 19.2 Å². The van der Waals surface area contributed by atoms with E-state index in [1.807, 2.05) is 13.8 Å². The molecule has 0 aromatic heterocycles. The van der Waals surface area contributed by atoms with Gasteiger partial charge in [0.1, 0.15) is 18.1 Å². The molecule has 5 atom stereocenters. The lowest BCUT2D eigenvalue weighted by Gasteiger charge is -2.27. The van der Waals surface area contributed by atoms with Crippen molar-refractivity contribution < 1.29 is 29.4 Å². The lowest BCUT2D eigenvalue weighted by Crippen LogP contribution is -2.60. The third-order valence-corrected chi connectivity index (χ3v) is 4.98. The zero-order valence-electron chi connectivity index (χ0n) is 20.6. The van der Waals surface area contributed by atoms with Crippen molar-refractivity contribution in [3.8, 4) is 0 Å². The second kappa shape index (κ2) is 15.1. The Morgan fingerprint density at radius 2 is 1.44 bits per heavy atom. The van der Waals surface area contributed by atoms with E-state index in [1.54, 1.807) is 13.8 Å². The summed E-state index contributed by atoms with van der Waals surface area (Å²) in [5.74, 6) is -3.71. The van der Waals surface area contributed by atoms with Crippen molar-refractivity contribution in [2.75, 3.05) is 6.54 Å². The summed E-state index contributed by atoms with van der Waals surface area (Å²) in [6.45, 7) is 8.64. The molecule has 0 saturated carbocycles. The number of aliphatic carboxylic acids is 1. The molecule has 0 aliphatic heterocycles. The van der Waals surface area contributed by atoms with Crippen LogP contribution in [0.2, 0.25) is 0 Å². The van der Waals surface area contributed by atoms with E-state index >= 15 is 0 Å². The van der Waals surface area contributed by atoms with Crippen molar-refractivity contribution in [2.45, 2.75) is 84.2 Å². The summed E-state index contributed by atoms with van der Waals surface area (Å²) in [4.78, 5) is 53.4. The van der Waals surface area contributed by atoms with Crippen molar-refractivity contribution in [3.05, 3.63) is 0 Å². The molecule has 5 unspecified atom stereocenters. The maximum absolute atomic E-state index is 12.9. The lowest BCUT2D eigenvalue weighted by atomic mass is 10.0. The van der Waals surface area contributed by atoms with Crippen molar-refractivity contribution in [3.63, 3.8) is 0 Å². The molecule has 0 rings (SSSR count). The highest BCUT2D eigenvalue weighted by atomic mass is 16.4. The molecule has 0 aromatic rings. The molecule has 196 valence electrons. The van der Waals surface area contributed by atoms with E-state index in [9.17, 15) is 29.4 Å². The Kier molecular flexibility index (Phi) is 13.8. The lowest BCUT2D eigenvalue weighted by molar-refractivity contribution is -0.142. The van der Waals surface area contributed by atoms with E-state index in [-0.39, 0.29) is 37.2 Å². The Bertz CT molecular complexity index is 722. The molecule has 0 aliphatic rings. The molecule has 13 nitrogen and oxygen atoms in total. The smallest absolute Gasteiger partial charge is 0.326 e. The van der Waals surface area contributed by atoms with Gasteiger partial charge in [-0.15, -0.1) is 0 Å². The van der Waals surface area contributed by atoms with Crippen molar-refractivity contribution in [1.29, 1.82) is 0 Å². The number of carboxylic acid groups (broad SMARTS) is 1. The van der Waals surface area contributed by atoms with Gasteiger partial charge < -0.3 is 43.4 Å². The average molecular weight is 488 g/mol. The first-order valence-electron chi connectivity index (χ1n) is 11.3. The van der Waals surface area contributed by atoms with Crippen molar-refractivity contribution in [1.82, 2.24) is 16.0 Å². The van der Waals surface area contributed by atoms with Gasteiger partial charge in [-0.25, -0.2) is 4.79 Å². The second-order valence-corrected chi connectivity index (χ2v) is 9.04. The predicted octanol–water partition coefficient (Wildman–Crippen LogP) is -2.01. The summed E-state index contributed by atoms with van der Waals surface area (Å²) < 4.78 is 0. The van der Waals surface area contributed by atoms with Gasteiger partial charge in [0.25, 0.3) is 0 Å². The number of carbonyl (C=O) groups is 4. The van der Waals surface area contributed by atoms with Gasteiger partial charge >= 0.3 is 5.97 Å². The minimum Gasteiger partial charge on any atom is -0.480 e. The number of nitrogens with one attached hydrogen (secondary N) is 3. The monoisotopic (exact) mass is 487 g/mol. The quantitative estimate of drug-likeness (QED) is 0.0722. The third-order valence-electron chi connectivity index (χ3n) is 4.98. The SMILES string of the molecule is CC(C)CC(NC(=O)C(NC(=O)C(N)C(C)C)C(C)O)C(=O)NC(CCCN=C(N)N)C(=O)O. The standard InChI is InChI=1S/C21H41N7O6/c1-10(2)9-14(17(30)26-13(20(33)34)7-6-8-25-21(23)24)27-19(32)16(12(5)29)28-18(31)15(22)11(3)4/h10-16,29H,6-9,22H2,1-5H3,(H,26,30)(H,27,32)(H,28,31)(H,33,34)(H4,23,24,25). The van der Waals surface area contributed by atoms with Crippen LogP contribution < -0.4 is 33.2 Å². The number of rotatable bonds is 15. The highest BCUT2D eigenvalue weighted by molar-refractivity contribution is 5.94. The number of carbonyl (C=O) groups excluding carboxylic acids is 3. The van der Waals surface area contributed by atoms with E-state index in [4.69, 9.17) is 17.2 Å². The zero-order chi connectivity index (χ0) is 26.6. The molecule has 34 heavy (non-hydrogen) atoms. The highest BCUT2D eigenvalue weighted by Gasteiger charge is 2.33. The van der Waals surface area contributed by atoms with E-state index in [0.29, 0.717) is 6.42 Å². The Hall–Kier alpha value is -2.93. The number of amides is 3. The van der Waals surface area contributed by atoms with Gasteiger partial charge in [-0.2, -0.15) is 0 Å². The van der Waals surface area contributed by atoms with E-state index in [0.717, 1.165) is 0 Å². The number of hydrogen-bond acceptors (Lipinski definition) is 7. The summed E-state index contributed by atoms with van der Waals surface area (Å²) in [5, 5.41) is 26.8. The number of aliphatic hydroxyl groups excluding tert-OH is 1. The minimum atomic E-state index is -1.35. The van der Waals surface area contributed by atoms with Crippen LogP contribution >= 0.6 is 0 Å². The molecular formula is C21H41N7O6. The number of guanidine groups is 1. The summed E-state index contributed by atoms with van der Waals surface area (Å²) in [7, 11) is 0. The molecule has 0 bridgehead atoms. The largest absolute Gasteiger partial charge is 0.480 e. The molecule has 0 aliphatic carbocycles. The molecule has 0 radical (unpaired) electrons. The van der Waals surface area contributed by atoms with Crippen LogP contribution in [0.1, 0.15) is 53.9 Å². The van der Waals surface area contributed by atoms with Gasteiger partial charge in [0, 0.05) is 6.54 Å². The van der Waals surface area contributed by atoms with E-state index in [2.05, 4.69) is 20.9 Å². The van der Waals surface area contributed by atoms with Gasteiger partial charge in [0.15, 0.2) is 5.96 Å². The first-order chi connectivity index (χ1) is 15.7. The molecule has 13 heteroatoms. The Morgan fingerprint density at radius 3 is 1.88 bits per heavy atom. The minimum absolute atomic E-state index is 0.0323. The van der Waals surface area contributed by atoms with E-state index < -0.39 is 54.0 Å². The summed E-state index contributed by atoms with van der Waals surface area (Å²) in [5.41, 5.74) is 16.3. The number of hydrogen-bond donors (Lipinski definition) is 8. The van der Waals surface area contributed by atoms with Gasteiger partial charge in [0.2, 0.25) is 17.7 Å². The zero-order valence-corrected chi connectivity index (χ0v) is 20.6. The third kappa shape index (κ3) is 11.8. The normalized spacial score (nSPS) is 15.6. The van der Waals surface area contributed by atoms with Crippen LogP contribution in [0.25, 0.3) is 0 Å². The highest BCUT2D eigenvalue weighted by Crippen LogP contribution is 2.08. The Balaban J connectivity index is 5.40. The van der Waals surface area contributed by atoms with Crippen LogP contribution in [0.4, 0.5) is 0 Å². The topological polar surface area (TPSA) is 235 Å². The van der Waals surface area contributed by atoms with Crippen LogP contribution in [-0.4, -0.2) is 76.7 Å². The number of aliphatic imine (C=N–C) groups is 1. The molecular weight excluding hydrogens is 446 g/mol. The number of nitrogens with two attached hydrogens (primary N) is 3. The fourth-order valence-electron chi connectivity index (χ4n) is 2.96. The first-order valence-corrected chi connectivity index (χ1v) is 11.3. The Labute approximate surface area is 200 Å². The molecule has 0 saturated heterocycles. The molecule has 0 fully saturated rings. The molecule has 0 spiro atoms. The fourth-order valence-corrected chi connectivity index (χ4v) is 2.96. The van der Waals surface area contributed by atoms with E-state index in [1.165, 1.54) is 6.92 Å². The predicted molar refractivity (Wildman–Crippen MR) is 127 cm³/mol. The van der Waals surface area contributed by atoms with Gasteiger partial charge in [0.05, 0.1) is 12.1 Å². The van der Waals surface area contributed by atoms with Gasteiger partial charge in [-0.1, -0.05) is 27.7 Å². The summed E-state index contributed by atoms with van der Waals surface area (Å²) in [6.07, 6.45) is -0.694. The average Bonchev–Trinajstić information content (AvgIpc) is 2.71. The number of aliphatic hydroxyl groups is 1. The molecule has 0 heterocycles. The number of carboxylic acids is 1. The van der Waals surface area contributed by atoms with Crippen LogP contribution in [0.3, 0.4) is 0 Å². The summed E-state index contributed by atoms with van der Waals surface area (Å²) >= 11 is 0. The van der Waals surface area contributed by atoms with Crippen LogP contribution in [0.5, 0.6) is 0 Å². The van der Waals surface area contributed by atoms with Crippen LogP contribution in [0.15, 0.2) is 4.99 Å². The molecule has 11 N–H and O–H groups in total. The van der Waals surface area contributed by atoms with Gasteiger partial charge in [-0.05, 0) is 38.0 Å². The second-order valence-electron chi connectivity index (χ2n) is 9.04. The Morgan fingerprint density at radius 1 is 0.882 bits per heavy atom. The fraction of sp³-hybridized carbons (Fsp3) is 0.762. The maximum Gasteiger partial charge on any atom is 0.326 e.